The predicted octanol–water partition coefficient (Wildman–Crippen LogP) is 2.59. The van der Waals surface area contributed by atoms with Crippen molar-refractivity contribution in [2.45, 2.75) is 12.6 Å². The molecule has 3 rings (SSSR count). The molecule has 0 unspecified atom stereocenters. The average molecular weight is 327 g/mol. The molecule has 0 aliphatic carbocycles. The van der Waals surface area contributed by atoms with E-state index in [-0.39, 0.29) is 0 Å². The molecule has 1 fully saturated rings. The van der Waals surface area contributed by atoms with Gasteiger partial charge < -0.3 is 14.4 Å². The summed E-state index contributed by atoms with van der Waals surface area (Å²) >= 11 is 0. The van der Waals surface area contributed by atoms with Gasteiger partial charge in [0, 0.05) is 44.5 Å². The highest BCUT2D eigenvalue weighted by Gasteiger charge is 2.28. The maximum atomic E-state index is 5.55. The Bertz CT molecular complexity index is 663. The van der Waals surface area contributed by atoms with Crippen LogP contribution in [0.25, 0.3) is 0 Å². The van der Waals surface area contributed by atoms with E-state index < -0.39 is 0 Å². The van der Waals surface area contributed by atoms with Crippen LogP contribution in [0.2, 0.25) is 0 Å². The minimum absolute atomic E-state index is 0.350. The fourth-order valence-electron chi connectivity index (χ4n) is 3.29. The monoisotopic (exact) mass is 327 g/mol. The van der Waals surface area contributed by atoms with Crippen LogP contribution in [0.3, 0.4) is 0 Å². The molecule has 0 N–H and O–H groups in total. The summed E-state index contributed by atoms with van der Waals surface area (Å²) in [6.45, 7) is 3.80. The number of methoxy groups -OCH3 is 2. The van der Waals surface area contributed by atoms with Crippen LogP contribution in [0.1, 0.15) is 17.3 Å². The van der Waals surface area contributed by atoms with Crippen molar-refractivity contribution < 1.29 is 9.47 Å². The summed E-state index contributed by atoms with van der Waals surface area (Å²) in [4.78, 5) is 9.39. The lowest BCUT2D eigenvalue weighted by Crippen LogP contribution is -2.46. The second-order valence-electron chi connectivity index (χ2n) is 6.15. The Morgan fingerprint density at radius 1 is 1.08 bits per heavy atom. The lowest BCUT2D eigenvalue weighted by molar-refractivity contribution is 0.0813. The smallest absolute Gasteiger partial charge is 0.183 e. The number of hydrogen-bond acceptors (Lipinski definition) is 5. The van der Waals surface area contributed by atoms with Crippen LogP contribution in [-0.2, 0) is 6.54 Å². The van der Waals surface area contributed by atoms with Crippen molar-refractivity contribution in [2.24, 2.45) is 0 Å². The van der Waals surface area contributed by atoms with Gasteiger partial charge in [0.25, 0.3) is 0 Å². The molecule has 5 nitrogen and oxygen atoms in total. The molecule has 128 valence electrons. The van der Waals surface area contributed by atoms with E-state index >= 15 is 0 Å². The van der Waals surface area contributed by atoms with Crippen molar-refractivity contribution in [1.82, 2.24) is 14.8 Å². The fourth-order valence-corrected chi connectivity index (χ4v) is 3.29. The number of pyridine rings is 1. The molecule has 5 heteroatoms. The van der Waals surface area contributed by atoms with E-state index in [1.165, 1.54) is 5.56 Å². The fraction of sp³-hybridized carbons (Fsp3) is 0.421. The molecule has 0 bridgehead atoms. The highest BCUT2D eigenvalue weighted by Crippen LogP contribution is 2.32. The first-order valence-electron chi connectivity index (χ1n) is 8.26. The molecule has 1 aromatic heterocycles. The van der Waals surface area contributed by atoms with Gasteiger partial charge in [0.1, 0.15) is 5.69 Å². The van der Waals surface area contributed by atoms with Gasteiger partial charge in [-0.1, -0.05) is 30.3 Å². The minimum Gasteiger partial charge on any atom is -0.493 e. The summed E-state index contributed by atoms with van der Waals surface area (Å²) in [6, 6.07) is 12.9. The summed E-state index contributed by atoms with van der Waals surface area (Å²) in [5, 5.41) is 0. The molecule has 2 heterocycles. The molecule has 0 saturated carbocycles. The van der Waals surface area contributed by atoms with Crippen molar-refractivity contribution in [3.05, 3.63) is 53.9 Å². The minimum atomic E-state index is 0.350. The first kappa shape index (κ1) is 16.7. The lowest BCUT2D eigenvalue weighted by atomic mass is 10.0. The summed E-state index contributed by atoms with van der Waals surface area (Å²) in [5.41, 5.74) is 2.26. The first-order valence-corrected chi connectivity index (χ1v) is 8.26. The van der Waals surface area contributed by atoms with Crippen LogP contribution in [0.15, 0.2) is 42.6 Å². The predicted molar refractivity (Wildman–Crippen MR) is 94.4 cm³/mol. The topological polar surface area (TPSA) is 37.8 Å². The average Bonchev–Trinajstić information content (AvgIpc) is 2.63. The van der Waals surface area contributed by atoms with Gasteiger partial charge in [0.15, 0.2) is 11.5 Å². The molecule has 2 aromatic rings. The number of ether oxygens (including phenoxy) is 2. The van der Waals surface area contributed by atoms with Gasteiger partial charge in [0.2, 0.25) is 0 Å². The first-order chi connectivity index (χ1) is 11.7. The zero-order valence-corrected chi connectivity index (χ0v) is 14.6. The Hall–Kier alpha value is -2.11. The van der Waals surface area contributed by atoms with E-state index in [0.717, 1.165) is 43.4 Å². The van der Waals surface area contributed by atoms with E-state index in [0.29, 0.717) is 6.04 Å². The quantitative estimate of drug-likeness (QED) is 0.844. The van der Waals surface area contributed by atoms with Gasteiger partial charge in [-0.15, -0.1) is 0 Å². The molecule has 1 aromatic carbocycles. The number of hydrogen-bond donors (Lipinski definition) is 0. The third-order valence-corrected chi connectivity index (χ3v) is 4.60. The van der Waals surface area contributed by atoms with Crippen molar-refractivity contribution in [1.29, 1.82) is 0 Å². The van der Waals surface area contributed by atoms with Crippen molar-refractivity contribution in [2.75, 3.05) is 40.9 Å². The third kappa shape index (κ3) is 3.52. The molecular weight excluding hydrogens is 302 g/mol. The van der Waals surface area contributed by atoms with Gasteiger partial charge >= 0.3 is 0 Å². The van der Waals surface area contributed by atoms with E-state index in [1.54, 1.807) is 20.4 Å². The number of likely N-dealkylation sites (N-methyl/N-ethyl adjacent to an activating group) is 1. The van der Waals surface area contributed by atoms with Crippen LogP contribution in [-0.4, -0.2) is 55.7 Å². The van der Waals surface area contributed by atoms with Gasteiger partial charge in [-0.3, -0.25) is 9.88 Å². The summed E-state index contributed by atoms with van der Waals surface area (Å²) in [5.74, 6) is 1.46. The zero-order valence-electron chi connectivity index (χ0n) is 14.6. The van der Waals surface area contributed by atoms with E-state index in [9.17, 15) is 0 Å². The molecule has 1 atom stereocenters. The summed E-state index contributed by atoms with van der Waals surface area (Å²) < 4.78 is 10.9. The Balaban J connectivity index is 1.87. The molecule has 24 heavy (non-hydrogen) atoms. The number of aromatic nitrogens is 1. The summed E-state index contributed by atoms with van der Waals surface area (Å²) in [6.07, 6.45) is 1.78. The normalized spacial score (nSPS) is 19.2. The van der Waals surface area contributed by atoms with E-state index in [4.69, 9.17) is 9.47 Å². The molecule has 0 spiro atoms. The molecule has 1 aliphatic rings. The van der Waals surface area contributed by atoms with Crippen LogP contribution in [0.5, 0.6) is 11.5 Å². The summed E-state index contributed by atoms with van der Waals surface area (Å²) in [7, 11) is 5.50. The SMILES string of the molecule is COc1ccnc(CN2CCN(C)C[C@H]2c2ccccc2)c1OC. The lowest BCUT2D eigenvalue weighted by Gasteiger charge is -2.40. The van der Waals surface area contributed by atoms with E-state index in [1.807, 2.05) is 6.07 Å². The van der Waals surface area contributed by atoms with Gasteiger partial charge in [-0.2, -0.15) is 0 Å². The van der Waals surface area contributed by atoms with Gasteiger partial charge in [0.05, 0.1) is 14.2 Å². The van der Waals surface area contributed by atoms with Gasteiger partial charge in [-0.05, 0) is 12.6 Å². The highest BCUT2D eigenvalue weighted by molar-refractivity contribution is 5.42. The van der Waals surface area contributed by atoms with Crippen LogP contribution in [0, 0.1) is 0 Å². The maximum absolute atomic E-state index is 5.55. The second-order valence-corrected chi connectivity index (χ2v) is 6.15. The standard InChI is InChI=1S/C19H25N3O2/c1-21-11-12-22(17(14-21)15-7-5-4-6-8-15)13-16-19(24-3)18(23-2)9-10-20-16/h4-10,17H,11-14H2,1-3H3/t17-/m0/s1. The van der Waals surface area contributed by atoms with Gasteiger partial charge in [-0.25, -0.2) is 0 Å². The van der Waals surface area contributed by atoms with Crippen LogP contribution in [0.4, 0.5) is 0 Å². The second kappa shape index (κ2) is 7.64. The van der Waals surface area contributed by atoms with Crippen LogP contribution < -0.4 is 9.47 Å². The molecule has 1 aliphatic heterocycles. The number of rotatable bonds is 5. The molecular formula is C19H25N3O2. The van der Waals surface area contributed by atoms with Crippen LogP contribution >= 0.6 is 0 Å². The Morgan fingerprint density at radius 2 is 1.88 bits per heavy atom. The number of nitrogens with zero attached hydrogens (tertiary/aromatic N) is 3. The van der Waals surface area contributed by atoms with Crippen molar-refractivity contribution in [3.8, 4) is 11.5 Å². The Labute approximate surface area is 143 Å². The van der Waals surface area contributed by atoms with Crippen molar-refractivity contribution in [3.63, 3.8) is 0 Å². The number of piperazine rings is 1. The van der Waals surface area contributed by atoms with Crippen molar-refractivity contribution >= 4 is 0 Å². The van der Waals surface area contributed by atoms with E-state index in [2.05, 4.69) is 52.2 Å². The maximum Gasteiger partial charge on any atom is 0.183 e. The Morgan fingerprint density at radius 3 is 2.58 bits per heavy atom. The largest absolute Gasteiger partial charge is 0.493 e. The highest BCUT2D eigenvalue weighted by atomic mass is 16.5. The number of benzene rings is 1. The third-order valence-electron chi connectivity index (χ3n) is 4.60. The molecule has 1 saturated heterocycles. The zero-order chi connectivity index (χ0) is 16.9. The molecule has 0 amide bonds. The molecule has 0 radical (unpaired) electrons. The Kier molecular flexibility index (Phi) is 5.33.